The van der Waals surface area contributed by atoms with Crippen LogP contribution in [-0.2, 0) is 6.42 Å². The van der Waals surface area contributed by atoms with Gasteiger partial charge in [-0.2, -0.15) is 0 Å². The van der Waals surface area contributed by atoms with Crippen molar-refractivity contribution in [2.24, 2.45) is 5.41 Å². The van der Waals surface area contributed by atoms with E-state index in [1.807, 2.05) is 0 Å². The minimum atomic E-state index is 0.355. The lowest BCUT2D eigenvalue weighted by Crippen LogP contribution is -2.27. The van der Waals surface area contributed by atoms with Gasteiger partial charge in [0.05, 0.1) is 0 Å². The van der Waals surface area contributed by atoms with Crippen LogP contribution in [-0.4, -0.2) is 10.7 Å². The molecule has 1 aromatic carbocycles. The fourth-order valence-corrected chi connectivity index (χ4v) is 4.22. The van der Waals surface area contributed by atoms with Crippen molar-refractivity contribution in [3.05, 3.63) is 35.4 Å². The summed E-state index contributed by atoms with van der Waals surface area (Å²) in [6.45, 7) is 6.75. The highest BCUT2D eigenvalue weighted by atomic mass is 79.9. The Kier molecular flexibility index (Phi) is 6.94. The summed E-state index contributed by atoms with van der Waals surface area (Å²) in [6, 6.07) is 9.15. The first-order valence-corrected chi connectivity index (χ1v) is 9.02. The zero-order chi connectivity index (χ0) is 13.6. The van der Waals surface area contributed by atoms with Gasteiger partial charge in [-0.05, 0) is 35.3 Å². The van der Waals surface area contributed by atoms with Gasteiger partial charge in [0.25, 0.3) is 0 Å². The molecule has 0 unspecified atom stereocenters. The van der Waals surface area contributed by atoms with E-state index in [2.05, 4.69) is 76.9 Å². The second-order valence-electron chi connectivity index (χ2n) is 5.59. The van der Waals surface area contributed by atoms with E-state index in [0.717, 1.165) is 17.1 Å². The molecule has 0 aliphatic heterocycles. The van der Waals surface area contributed by atoms with Crippen LogP contribution >= 0.6 is 31.9 Å². The van der Waals surface area contributed by atoms with Gasteiger partial charge in [-0.3, -0.25) is 0 Å². The third-order valence-corrected chi connectivity index (χ3v) is 5.95. The van der Waals surface area contributed by atoms with Gasteiger partial charge in [-0.1, -0.05) is 83.3 Å². The molecule has 0 fully saturated rings. The predicted molar refractivity (Wildman–Crippen MR) is 89.2 cm³/mol. The quantitative estimate of drug-likeness (QED) is 0.518. The Morgan fingerprint density at radius 1 is 1.06 bits per heavy atom. The summed E-state index contributed by atoms with van der Waals surface area (Å²) in [5.74, 6) is 0.617. The molecule has 0 saturated heterocycles. The van der Waals surface area contributed by atoms with Crippen LogP contribution in [0.5, 0.6) is 0 Å². The average molecular weight is 376 g/mol. The van der Waals surface area contributed by atoms with Crippen molar-refractivity contribution in [2.75, 3.05) is 10.7 Å². The molecule has 1 aromatic rings. The van der Waals surface area contributed by atoms with Crippen molar-refractivity contribution < 1.29 is 0 Å². The van der Waals surface area contributed by atoms with Crippen molar-refractivity contribution >= 4 is 31.9 Å². The zero-order valence-electron chi connectivity index (χ0n) is 11.7. The van der Waals surface area contributed by atoms with Crippen LogP contribution in [0.4, 0.5) is 0 Å². The van der Waals surface area contributed by atoms with E-state index in [1.165, 1.54) is 24.0 Å². The summed E-state index contributed by atoms with van der Waals surface area (Å²) in [5, 5.41) is 2.12. The van der Waals surface area contributed by atoms with Gasteiger partial charge < -0.3 is 0 Å². The summed E-state index contributed by atoms with van der Waals surface area (Å²) < 4.78 is 0. The maximum Gasteiger partial charge on any atom is 0.00991 e. The minimum Gasteiger partial charge on any atom is -0.0922 e. The summed E-state index contributed by atoms with van der Waals surface area (Å²) >= 11 is 7.40. The van der Waals surface area contributed by atoms with Gasteiger partial charge in [-0.25, -0.2) is 0 Å². The Bertz CT molecular complexity index is 337. The number of alkyl halides is 2. The fourth-order valence-electron chi connectivity index (χ4n) is 2.34. The molecule has 102 valence electrons. The van der Waals surface area contributed by atoms with E-state index in [-0.39, 0.29) is 0 Å². The number of benzene rings is 1. The third kappa shape index (κ3) is 4.38. The SMILES string of the molecule is CCCC(CBr)(CBr)Cc1ccc(C(C)C)cc1. The molecule has 0 heterocycles. The number of hydrogen-bond acceptors (Lipinski definition) is 0. The molecule has 0 radical (unpaired) electrons. The summed E-state index contributed by atoms with van der Waals surface area (Å²) in [5.41, 5.74) is 3.23. The van der Waals surface area contributed by atoms with Crippen molar-refractivity contribution in [2.45, 2.75) is 46.0 Å². The van der Waals surface area contributed by atoms with E-state index in [1.54, 1.807) is 0 Å². The van der Waals surface area contributed by atoms with Crippen LogP contribution in [0, 0.1) is 5.41 Å². The van der Waals surface area contributed by atoms with E-state index >= 15 is 0 Å². The molecule has 0 aromatic heterocycles. The van der Waals surface area contributed by atoms with Crippen molar-refractivity contribution in [3.63, 3.8) is 0 Å². The Hall–Kier alpha value is 0.180. The first kappa shape index (κ1) is 16.2. The smallest absolute Gasteiger partial charge is 0.00991 e. The largest absolute Gasteiger partial charge is 0.0922 e. The van der Waals surface area contributed by atoms with Crippen molar-refractivity contribution in [3.8, 4) is 0 Å². The summed E-state index contributed by atoms with van der Waals surface area (Å²) in [6.07, 6.45) is 3.65. The van der Waals surface area contributed by atoms with Gasteiger partial charge in [0.2, 0.25) is 0 Å². The monoisotopic (exact) mass is 374 g/mol. The van der Waals surface area contributed by atoms with Crippen LogP contribution in [0.25, 0.3) is 0 Å². The first-order valence-electron chi connectivity index (χ1n) is 6.77. The van der Waals surface area contributed by atoms with Crippen LogP contribution in [0.2, 0.25) is 0 Å². The number of rotatable bonds is 7. The molecule has 18 heavy (non-hydrogen) atoms. The lowest BCUT2D eigenvalue weighted by Gasteiger charge is -2.30. The van der Waals surface area contributed by atoms with Crippen LogP contribution < -0.4 is 0 Å². The molecule has 0 spiro atoms. The third-order valence-electron chi connectivity index (χ3n) is 3.57. The van der Waals surface area contributed by atoms with E-state index in [9.17, 15) is 0 Å². The molecule has 1 rings (SSSR count). The van der Waals surface area contributed by atoms with E-state index in [0.29, 0.717) is 11.3 Å². The molecular weight excluding hydrogens is 352 g/mol. The average Bonchev–Trinajstić information content (AvgIpc) is 2.38. The Morgan fingerprint density at radius 3 is 2.00 bits per heavy atom. The lowest BCUT2D eigenvalue weighted by molar-refractivity contribution is 0.352. The highest BCUT2D eigenvalue weighted by Gasteiger charge is 2.27. The highest BCUT2D eigenvalue weighted by molar-refractivity contribution is 9.09. The maximum absolute atomic E-state index is 3.70. The Morgan fingerprint density at radius 2 is 1.61 bits per heavy atom. The second-order valence-corrected chi connectivity index (χ2v) is 6.71. The van der Waals surface area contributed by atoms with Crippen LogP contribution in [0.3, 0.4) is 0 Å². The summed E-state index contributed by atoms with van der Waals surface area (Å²) in [7, 11) is 0. The van der Waals surface area contributed by atoms with E-state index < -0.39 is 0 Å². The van der Waals surface area contributed by atoms with Crippen molar-refractivity contribution in [1.82, 2.24) is 0 Å². The molecule has 0 aliphatic carbocycles. The zero-order valence-corrected chi connectivity index (χ0v) is 14.9. The van der Waals surface area contributed by atoms with Gasteiger partial charge in [-0.15, -0.1) is 0 Å². The molecular formula is C16H24Br2. The van der Waals surface area contributed by atoms with Crippen LogP contribution in [0.15, 0.2) is 24.3 Å². The molecule has 0 atom stereocenters. The van der Waals surface area contributed by atoms with E-state index in [4.69, 9.17) is 0 Å². The maximum atomic E-state index is 3.70. The normalized spacial score (nSPS) is 12.1. The molecule has 0 N–H and O–H groups in total. The molecule has 0 bridgehead atoms. The number of hydrogen-bond donors (Lipinski definition) is 0. The highest BCUT2D eigenvalue weighted by Crippen LogP contribution is 2.33. The Labute approximate surface area is 129 Å². The van der Waals surface area contributed by atoms with Gasteiger partial charge in [0, 0.05) is 10.7 Å². The topological polar surface area (TPSA) is 0 Å². The molecule has 0 nitrogen and oxygen atoms in total. The van der Waals surface area contributed by atoms with Crippen LogP contribution in [0.1, 0.15) is 50.7 Å². The number of halogens is 2. The Balaban J connectivity index is 2.81. The fraction of sp³-hybridized carbons (Fsp3) is 0.625. The molecule has 2 heteroatoms. The lowest BCUT2D eigenvalue weighted by atomic mass is 9.81. The summed E-state index contributed by atoms with van der Waals surface area (Å²) in [4.78, 5) is 0. The van der Waals surface area contributed by atoms with Gasteiger partial charge >= 0.3 is 0 Å². The predicted octanol–water partition coefficient (Wildman–Crippen LogP) is 5.93. The molecule has 0 amide bonds. The van der Waals surface area contributed by atoms with Gasteiger partial charge in [0.15, 0.2) is 0 Å². The second kappa shape index (κ2) is 7.69. The molecule has 0 saturated carbocycles. The molecule has 0 aliphatic rings. The standard InChI is InChI=1S/C16H24Br2/c1-4-9-16(11-17,12-18)10-14-5-7-15(8-6-14)13(2)3/h5-8,13H,4,9-12H2,1-3H3. The minimum absolute atomic E-state index is 0.355. The first-order chi connectivity index (χ1) is 8.56. The van der Waals surface area contributed by atoms with Crippen molar-refractivity contribution in [1.29, 1.82) is 0 Å². The van der Waals surface area contributed by atoms with Gasteiger partial charge in [0.1, 0.15) is 0 Å².